The Morgan fingerprint density at radius 3 is 2.08 bits per heavy atom. The lowest BCUT2D eigenvalue weighted by molar-refractivity contribution is -0.143. The first-order valence-electron chi connectivity index (χ1n) is 4.44. The summed E-state index contributed by atoms with van der Waals surface area (Å²) in [5.74, 6) is 0.792. The predicted octanol–water partition coefficient (Wildman–Crippen LogP) is 2.62. The van der Waals surface area contributed by atoms with Crippen LogP contribution in [0.2, 0.25) is 0 Å². The molecule has 1 aliphatic rings. The van der Waals surface area contributed by atoms with Gasteiger partial charge >= 0.3 is 0 Å². The van der Waals surface area contributed by atoms with Crippen molar-refractivity contribution < 1.29 is 4.79 Å². The molecule has 70 valence electrons. The van der Waals surface area contributed by atoms with Crippen molar-refractivity contribution in [3.05, 3.63) is 0 Å². The van der Waals surface area contributed by atoms with Crippen LogP contribution in [0.25, 0.3) is 0 Å². The van der Waals surface area contributed by atoms with E-state index in [-0.39, 0.29) is 5.41 Å². The fourth-order valence-corrected chi connectivity index (χ4v) is 2.38. The van der Waals surface area contributed by atoms with Gasteiger partial charge in [-0.2, -0.15) is 0 Å². The number of amides is 1. The Balaban J connectivity index is 2.74. The maximum Gasteiger partial charge on any atom is 0.237 e. The average Bonchev–Trinajstić information content (AvgIpc) is 1.83. The van der Waals surface area contributed by atoms with Crippen molar-refractivity contribution in [2.75, 3.05) is 7.05 Å². The minimum atomic E-state index is -0.0179. The zero-order valence-electron chi connectivity index (χ0n) is 7.93. The maximum atomic E-state index is 11.8. The minimum Gasteiger partial charge on any atom is -0.288 e. The van der Waals surface area contributed by atoms with Gasteiger partial charge < -0.3 is 0 Å². The number of carbonyl (C=O) groups excluding carboxylic acids is 1. The average molecular weight is 281 g/mol. The second-order valence-corrected chi connectivity index (χ2v) is 5.39. The molecular weight excluding hydrogens is 265 g/mol. The molecule has 1 amide bonds. The first-order valence-corrected chi connectivity index (χ1v) is 5.41. The molecule has 2 nitrogen and oxygen atoms in total. The van der Waals surface area contributed by atoms with E-state index in [1.807, 2.05) is 7.05 Å². The van der Waals surface area contributed by atoms with E-state index in [1.165, 1.54) is 6.42 Å². The van der Waals surface area contributed by atoms with Gasteiger partial charge in [0.15, 0.2) is 0 Å². The molecule has 0 radical (unpaired) electrons. The summed E-state index contributed by atoms with van der Waals surface area (Å²) in [7, 11) is 1.84. The molecule has 1 saturated carbocycles. The largest absolute Gasteiger partial charge is 0.288 e. The Hall–Kier alpha value is 0.200. The van der Waals surface area contributed by atoms with E-state index in [1.54, 1.807) is 3.11 Å². The van der Waals surface area contributed by atoms with Crippen LogP contribution in [0.4, 0.5) is 0 Å². The topological polar surface area (TPSA) is 20.3 Å². The molecule has 0 aromatic heterocycles. The van der Waals surface area contributed by atoms with Crippen LogP contribution in [0.3, 0.4) is 0 Å². The second kappa shape index (κ2) is 3.52. The van der Waals surface area contributed by atoms with Crippen LogP contribution in [0, 0.1) is 11.3 Å². The van der Waals surface area contributed by atoms with Crippen LogP contribution in [0.5, 0.6) is 0 Å². The third-order valence-electron chi connectivity index (χ3n) is 3.06. The highest BCUT2D eigenvalue weighted by Crippen LogP contribution is 2.48. The molecule has 0 saturated heterocycles. The normalized spacial score (nSPS) is 20.4. The molecule has 0 bridgehead atoms. The Morgan fingerprint density at radius 1 is 1.50 bits per heavy atom. The van der Waals surface area contributed by atoms with Crippen molar-refractivity contribution in [3.8, 4) is 0 Å². The Morgan fingerprint density at radius 2 is 2.00 bits per heavy atom. The van der Waals surface area contributed by atoms with Crippen molar-refractivity contribution >= 4 is 28.8 Å². The van der Waals surface area contributed by atoms with Crippen molar-refractivity contribution in [1.82, 2.24) is 3.11 Å². The van der Waals surface area contributed by atoms with Gasteiger partial charge in [0.05, 0.1) is 28.3 Å². The predicted molar refractivity (Wildman–Crippen MR) is 57.9 cm³/mol. The van der Waals surface area contributed by atoms with Crippen molar-refractivity contribution in [1.29, 1.82) is 0 Å². The Bertz CT molecular complexity index is 185. The highest BCUT2D eigenvalue weighted by molar-refractivity contribution is 14.1. The van der Waals surface area contributed by atoms with Gasteiger partial charge in [0.25, 0.3) is 0 Å². The number of hydrogen-bond donors (Lipinski definition) is 0. The molecule has 0 aromatic carbocycles. The van der Waals surface area contributed by atoms with E-state index in [2.05, 4.69) is 36.7 Å². The number of carbonyl (C=O) groups is 1. The van der Waals surface area contributed by atoms with E-state index < -0.39 is 0 Å². The summed E-state index contributed by atoms with van der Waals surface area (Å²) in [6.07, 6.45) is 3.38. The zero-order chi connectivity index (χ0) is 9.35. The van der Waals surface area contributed by atoms with Gasteiger partial charge in [-0.15, -0.1) is 0 Å². The molecular formula is C9H16INO. The monoisotopic (exact) mass is 281 g/mol. The smallest absolute Gasteiger partial charge is 0.237 e. The van der Waals surface area contributed by atoms with Gasteiger partial charge in [0.1, 0.15) is 0 Å². The third-order valence-corrected chi connectivity index (χ3v) is 3.49. The fourth-order valence-electron chi connectivity index (χ4n) is 1.90. The van der Waals surface area contributed by atoms with E-state index >= 15 is 0 Å². The summed E-state index contributed by atoms with van der Waals surface area (Å²) in [5, 5.41) is 0. The molecule has 3 heteroatoms. The summed E-state index contributed by atoms with van der Waals surface area (Å²) in [6, 6.07) is 0. The number of halogens is 1. The SMILES string of the molecule is CC(C)C1(C(=O)N(C)I)CCC1. The van der Waals surface area contributed by atoms with Crippen molar-refractivity contribution in [2.24, 2.45) is 11.3 Å². The van der Waals surface area contributed by atoms with Crippen LogP contribution in [-0.4, -0.2) is 16.1 Å². The van der Waals surface area contributed by atoms with E-state index in [9.17, 15) is 4.79 Å². The summed E-state index contributed by atoms with van der Waals surface area (Å²) < 4.78 is 1.71. The summed E-state index contributed by atoms with van der Waals surface area (Å²) in [5.41, 5.74) is -0.0179. The maximum absolute atomic E-state index is 11.8. The van der Waals surface area contributed by atoms with Crippen molar-refractivity contribution in [2.45, 2.75) is 33.1 Å². The van der Waals surface area contributed by atoms with Gasteiger partial charge in [0, 0.05) is 7.05 Å². The van der Waals surface area contributed by atoms with Crippen LogP contribution in [0.1, 0.15) is 33.1 Å². The molecule has 0 spiro atoms. The summed E-state index contributed by atoms with van der Waals surface area (Å²) in [6.45, 7) is 4.30. The standard InChI is InChI=1S/C9H16INO/c1-7(2)9(5-4-6-9)8(12)11(3)10/h7H,4-6H2,1-3H3. The minimum absolute atomic E-state index is 0.0179. The van der Waals surface area contributed by atoms with Gasteiger partial charge in [0.2, 0.25) is 5.91 Å². The fraction of sp³-hybridized carbons (Fsp3) is 0.889. The molecule has 0 unspecified atom stereocenters. The first kappa shape index (κ1) is 10.3. The van der Waals surface area contributed by atoms with Crippen molar-refractivity contribution in [3.63, 3.8) is 0 Å². The first-order chi connectivity index (χ1) is 5.50. The molecule has 0 N–H and O–H groups in total. The lowest BCUT2D eigenvalue weighted by Crippen LogP contribution is -2.46. The summed E-state index contributed by atoms with van der Waals surface area (Å²) >= 11 is 2.07. The van der Waals surface area contributed by atoms with E-state index in [4.69, 9.17) is 0 Å². The molecule has 0 heterocycles. The number of nitrogens with zero attached hydrogens (tertiary/aromatic N) is 1. The molecule has 0 atom stereocenters. The molecule has 0 aliphatic heterocycles. The highest BCUT2D eigenvalue weighted by Gasteiger charge is 2.47. The lowest BCUT2D eigenvalue weighted by Gasteiger charge is -2.44. The Kier molecular flexibility index (Phi) is 3.01. The molecule has 1 fully saturated rings. The Labute approximate surface area is 88.2 Å². The van der Waals surface area contributed by atoms with Gasteiger partial charge in [-0.05, 0) is 18.8 Å². The number of hydrogen-bond acceptors (Lipinski definition) is 1. The zero-order valence-corrected chi connectivity index (χ0v) is 10.1. The second-order valence-electron chi connectivity index (χ2n) is 3.95. The lowest BCUT2D eigenvalue weighted by atomic mass is 9.61. The van der Waals surface area contributed by atoms with E-state index in [0.29, 0.717) is 11.8 Å². The van der Waals surface area contributed by atoms with Gasteiger partial charge in [-0.3, -0.25) is 7.91 Å². The highest BCUT2D eigenvalue weighted by atomic mass is 127. The molecule has 1 aliphatic carbocycles. The summed E-state index contributed by atoms with van der Waals surface area (Å²) in [4.78, 5) is 11.8. The third kappa shape index (κ3) is 1.47. The van der Waals surface area contributed by atoms with Crippen LogP contribution in [0.15, 0.2) is 0 Å². The molecule has 12 heavy (non-hydrogen) atoms. The van der Waals surface area contributed by atoms with Crippen LogP contribution >= 0.6 is 22.9 Å². The quantitative estimate of drug-likeness (QED) is 0.563. The molecule has 1 rings (SSSR count). The van der Waals surface area contributed by atoms with E-state index in [0.717, 1.165) is 12.8 Å². The molecule has 0 aromatic rings. The number of rotatable bonds is 2. The van der Waals surface area contributed by atoms with Crippen LogP contribution in [-0.2, 0) is 4.79 Å². The van der Waals surface area contributed by atoms with Gasteiger partial charge in [-0.25, -0.2) is 0 Å². The van der Waals surface area contributed by atoms with Crippen LogP contribution < -0.4 is 0 Å². The van der Waals surface area contributed by atoms with Gasteiger partial charge in [-0.1, -0.05) is 20.3 Å².